The Hall–Kier alpha value is -3.64. The average molecular weight is 525 g/mol. The van der Waals surface area contributed by atoms with Crippen LogP contribution in [0.1, 0.15) is 11.7 Å². The number of rotatable bonds is 7. The molecular weight excluding hydrogens is 509 g/mol. The maximum Gasteiger partial charge on any atom is 0.404 e. The minimum absolute atomic E-state index is 0.0342. The summed E-state index contributed by atoms with van der Waals surface area (Å²) in [6, 6.07) is 19.1. The second kappa shape index (κ2) is 9.55. The second-order valence-corrected chi connectivity index (χ2v) is 9.50. The first-order valence-corrected chi connectivity index (χ1v) is 12.0. The first-order chi connectivity index (χ1) is 16.5. The molecule has 0 radical (unpaired) electrons. The van der Waals surface area contributed by atoms with Gasteiger partial charge in [-0.2, -0.15) is 13.2 Å². The molecule has 0 saturated carbocycles. The summed E-state index contributed by atoms with van der Waals surface area (Å²) >= 11 is 6.14. The van der Waals surface area contributed by atoms with Crippen molar-refractivity contribution in [1.29, 1.82) is 0 Å². The van der Waals surface area contributed by atoms with Gasteiger partial charge in [-0.3, -0.25) is 4.79 Å². The van der Waals surface area contributed by atoms with Crippen LogP contribution < -0.4 is 9.46 Å². The molecule has 182 valence electrons. The highest BCUT2D eigenvalue weighted by atomic mass is 35.5. The molecule has 0 aliphatic carbocycles. The molecule has 1 aromatic heterocycles. The predicted molar refractivity (Wildman–Crippen MR) is 122 cm³/mol. The highest BCUT2D eigenvalue weighted by Crippen LogP contribution is 2.31. The number of fused-ring (bicyclic) bond motifs is 1. The molecule has 1 unspecified atom stereocenters. The van der Waals surface area contributed by atoms with Crippen molar-refractivity contribution in [2.45, 2.75) is 12.3 Å². The summed E-state index contributed by atoms with van der Waals surface area (Å²) in [4.78, 5) is 14.1. The molecule has 8 nitrogen and oxygen atoms in total. The minimum atomic E-state index is -5.04. The van der Waals surface area contributed by atoms with Crippen molar-refractivity contribution >= 4 is 38.6 Å². The summed E-state index contributed by atoms with van der Waals surface area (Å²) in [5, 5.41) is 9.00. The van der Waals surface area contributed by atoms with E-state index in [0.717, 1.165) is 0 Å². The van der Waals surface area contributed by atoms with Crippen molar-refractivity contribution in [3.05, 3.63) is 83.4 Å². The fraction of sp³-hybridized carbons (Fsp3) is 0.136. The first kappa shape index (κ1) is 24.5. The molecule has 1 atom stereocenters. The molecule has 1 heterocycles. The van der Waals surface area contributed by atoms with Crippen LogP contribution in [0.4, 0.5) is 13.2 Å². The van der Waals surface area contributed by atoms with Crippen molar-refractivity contribution in [3.63, 3.8) is 0 Å². The van der Waals surface area contributed by atoms with Gasteiger partial charge in [0.1, 0.15) is 22.5 Å². The van der Waals surface area contributed by atoms with Crippen LogP contribution in [0.2, 0.25) is 5.02 Å². The Bertz CT molecular complexity index is 1440. The third-order valence-electron chi connectivity index (χ3n) is 4.62. The Morgan fingerprint density at radius 2 is 1.60 bits per heavy atom. The number of carbonyl (C=O) groups is 1. The summed E-state index contributed by atoms with van der Waals surface area (Å²) < 4.78 is 69.1. The SMILES string of the molecule is O=C(NS(=O)(=O)CC(F)(F)F)C(Oc1ccc(Cl)cc1-n1nc2ccccc2n1)c1ccccc1. The molecule has 0 aliphatic heterocycles. The third-order valence-corrected chi connectivity index (χ3v) is 6.07. The standard InChI is InChI=1S/C22H16ClF3N4O4S/c23-15-10-11-19(18(12-15)30-27-16-8-4-5-9-17(16)28-30)34-20(14-6-2-1-3-7-14)21(31)29-35(32,33)13-22(24,25)26/h1-12,20H,13H2,(H,29,31). The largest absolute Gasteiger partial charge is 0.473 e. The van der Waals surface area contributed by atoms with E-state index >= 15 is 0 Å². The van der Waals surface area contributed by atoms with Gasteiger partial charge in [0.2, 0.25) is 16.1 Å². The van der Waals surface area contributed by atoms with E-state index < -0.39 is 34.0 Å². The van der Waals surface area contributed by atoms with Crippen LogP contribution in [0.3, 0.4) is 0 Å². The quantitative estimate of drug-likeness (QED) is 0.388. The number of carbonyl (C=O) groups excluding carboxylic acids is 1. The Labute approximate surface area is 202 Å². The molecule has 0 bridgehead atoms. The third kappa shape index (κ3) is 6.08. The van der Waals surface area contributed by atoms with Gasteiger partial charge in [0.15, 0.2) is 5.75 Å². The number of halogens is 4. The van der Waals surface area contributed by atoms with Crippen molar-refractivity contribution in [1.82, 2.24) is 19.7 Å². The van der Waals surface area contributed by atoms with Gasteiger partial charge in [-0.25, -0.2) is 13.1 Å². The molecule has 1 N–H and O–H groups in total. The number of benzene rings is 3. The molecule has 0 fully saturated rings. The zero-order valence-corrected chi connectivity index (χ0v) is 19.2. The van der Waals surface area contributed by atoms with E-state index in [-0.39, 0.29) is 17.0 Å². The molecule has 1 amide bonds. The number of hydrogen-bond acceptors (Lipinski definition) is 6. The Morgan fingerprint density at radius 1 is 1.00 bits per heavy atom. The lowest BCUT2D eigenvalue weighted by atomic mass is 10.1. The summed E-state index contributed by atoms with van der Waals surface area (Å²) in [7, 11) is -5.03. The molecule has 0 spiro atoms. The van der Waals surface area contributed by atoms with Crippen molar-refractivity contribution in [3.8, 4) is 11.4 Å². The zero-order valence-electron chi connectivity index (χ0n) is 17.6. The van der Waals surface area contributed by atoms with E-state index in [1.54, 1.807) is 42.5 Å². The molecular formula is C22H16ClF3N4O4S. The Balaban J connectivity index is 1.72. The van der Waals surface area contributed by atoms with Gasteiger partial charge in [0.25, 0.3) is 5.91 Å². The monoisotopic (exact) mass is 524 g/mol. The lowest BCUT2D eigenvalue weighted by Gasteiger charge is -2.21. The minimum Gasteiger partial charge on any atom is -0.473 e. The lowest BCUT2D eigenvalue weighted by molar-refractivity contribution is -0.126. The van der Waals surface area contributed by atoms with Crippen LogP contribution in [0, 0.1) is 0 Å². The number of nitrogens with one attached hydrogen (secondary N) is 1. The lowest BCUT2D eigenvalue weighted by Crippen LogP contribution is -2.41. The van der Waals surface area contributed by atoms with E-state index in [1.807, 2.05) is 0 Å². The number of amides is 1. The smallest absolute Gasteiger partial charge is 0.404 e. The van der Waals surface area contributed by atoms with Crippen molar-refractivity contribution in [2.24, 2.45) is 0 Å². The van der Waals surface area contributed by atoms with Gasteiger partial charge in [-0.05, 0) is 30.3 Å². The number of sulfonamides is 1. The predicted octanol–water partition coefficient (Wildman–Crippen LogP) is 4.20. The van der Waals surface area contributed by atoms with E-state index in [1.165, 1.54) is 39.9 Å². The highest BCUT2D eigenvalue weighted by molar-refractivity contribution is 7.90. The van der Waals surface area contributed by atoms with Crippen LogP contribution in [-0.4, -0.2) is 41.2 Å². The average Bonchev–Trinajstić information content (AvgIpc) is 3.21. The van der Waals surface area contributed by atoms with Gasteiger partial charge >= 0.3 is 6.18 Å². The van der Waals surface area contributed by atoms with E-state index in [0.29, 0.717) is 16.1 Å². The summed E-state index contributed by atoms with van der Waals surface area (Å²) in [6.45, 7) is 0. The topological polar surface area (TPSA) is 103 Å². The number of hydrogen-bond donors (Lipinski definition) is 1. The second-order valence-electron chi connectivity index (χ2n) is 7.34. The van der Waals surface area contributed by atoms with E-state index in [4.69, 9.17) is 16.3 Å². The maximum atomic E-state index is 12.9. The van der Waals surface area contributed by atoms with Gasteiger partial charge in [-0.1, -0.05) is 54.1 Å². The molecule has 4 aromatic rings. The van der Waals surface area contributed by atoms with Crippen molar-refractivity contribution in [2.75, 3.05) is 5.75 Å². The molecule has 0 aliphatic rings. The van der Waals surface area contributed by atoms with Gasteiger partial charge in [0, 0.05) is 10.6 Å². The normalized spacial score (nSPS) is 12.9. The van der Waals surface area contributed by atoms with Crippen LogP contribution in [0.5, 0.6) is 5.75 Å². The molecule has 0 saturated heterocycles. The van der Waals surface area contributed by atoms with Crippen LogP contribution >= 0.6 is 11.6 Å². The maximum absolute atomic E-state index is 12.9. The highest BCUT2D eigenvalue weighted by Gasteiger charge is 2.37. The van der Waals surface area contributed by atoms with Crippen LogP contribution in [0.15, 0.2) is 72.8 Å². The fourth-order valence-electron chi connectivity index (χ4n) is 3.20. The van der Waals surface area contributed by atoms with Crippen LogP contribution in [-0.2, 0) is 14.8 Å². The van der Waals surface area contributed by atoms with Crippen LogP contribution in [0.25, 0.3) is 16.7 Å². The molecule has 13 heteroatoms. The number of nitrogens with zero attached hydrogens (tertiary/aromatic N) is 3. The summed E-state index contributed by atoms with van der Waals surface area (Å²) in [5.41, 5.74) is 1.55. The summed E-state index contributed by atoms with van der Waals surface area (Å²) in [5.74, 6) is -3.49. The molecule has 4 rings (SSSR count). The fourth-order valence-corrected chi connectivity index (χ4v) is 4.28. The van der Waals surface area contributed by atoms with Gasteiger partial charge in [0.05, 0.1) is 0 Å². The zero-order chi connectivity index (χ0) is 25.2. The Kier molecular flexibility index (Phi) is 6.68. The van der Waals surface area contributed by atoms with Crippen molar-refractivity contribution < 1.29 is 31.1 Å². The number of ether oxygens (including phenoxy) is 1. The summed E-state index contributed by atoms with van der Waals surface area (Å²) in [6.07, 6.45) is -6.66. The number of alkyl halides is 3. The number of aromatic nitrogens is 3. The van der Waals surface area contributed by atoms with Gasteiger partial charge in [-0.15, -0.1) is 15.0 Å². The first-order valence-electron chi connectivity index (χ1n) is 9.95. The van der Waals surface area contributed by atoms with Gasteiger partial charge < -0.3 is 4.74 Å². The molecule has 35 heavy (non-hydrogen) atoms. The Morgan fingerprint density at radius 3 is 2.20 bits per heavy atom. The van der Waals surface area contributed by atoms with E-state index in [9.17, 15) is 26.4 Å². The molecule has 3 aromatic carbocycles. The van der Waals surface area contributed by atoms with E-state index in [2.05, 4.69) is 10.2 Å².